The molecule has 5 nitrogen and oxygen atoms in total. The fourth-order valence-electron chi connectivity index (χ4n) is 3.18. The molecule has 3 aromatic rings. The summed E-state index contributed by atoms with van der Waals surface area (Å²) in [7, 11) is 1.66. The average Bonchev–Trinajstić information content (AvgIpc) is 2.74. The van der Waals surface area contributed by atoms with Crippen LogP contribution in [0.15, 0.2) is 60.9 Å². The smallest absolute Gasteiger partial charge is 0.337 e. The molecule has 0 aliphatic carbocycles. The Labute approximate surface area is 165 Å². The Morgan fingerprint density at radius 3 is 2.71 bits per heavy atom. The summed E-state index contributed by atoms with van der Waals surface area (Å²) in [6.07, 6.45) is 5.20. The summed E-state index contributed by atoms with van der Waals surface area (Å²) in [6, 6.07) is 16.5. The minimum atomic E-state index is -0.947. The van der Waals surface area contributed by atoms with Crippen molar-refractivity contribution in [2.24, 2.45) is 0 Å². The number of anilines is 1. The van der Waals surface area contributed by atoms with Gasteiger partial charge in [-0.3, -0.25) is 4.98 Å². The Kier molecular flexibility index (Phi) is 6.27. The Bertz CT molecular complexity index is 970. The molecule has 0 saturated heterocycles. The summed E-state index contributed by atoms with van der Waals surface area (Å²) >= 11 is 0. The van der Waals surface area contributed by atoms with E-state index < -0.39 is 5.97 Å². The van der Waals surface area contributed by atoms with Crippen molar-refractivity contribution in [3.8, 4) is 16.9 Å². The van der Waals surface area contributed by atoms with Gasteiger partial charge in [0.15, 0.2) is 0 Å². The molecular weight excluding hydrogens is 352 g/mol. The number of benzene rings is 2. The molecular formula is C23H24N2O3. The van der Waals surface area contributed by atoms with E-state index in [1.807, 2.05) is 0 Å². The van der Waals surface area contributed by atoms with Crippen LogP contribution in [0.3, 0.4) is 0 Å². The second kappa shape index (κ2) is 9.04. The van der Waals surface area contributed by atoms with Gasteiger partial charge in [-0.05, 0) is 54.2 Å². The number of rotatable bonds is 3. The number of aryl methyl sites for hydroxylation is 2. The molecule has 0 unspecified atom stereocenters. The third kappa shape index (κ3) is 4.49. The van der Waals surface area contributed by atoms with Crippen molar-refractivity contribution in [3.05, 3.63) is 77.6 Å². The van der Waals surface area contributed by atoms with Crippen LogP contribution < -0.4 is 10.1 Å². The largest absolute Gasteiger partial charge is 0.493 e. The number of carboxylic acid groups (broad SMARTS) is 1. The van der Waals surface area contributed by atoms with Crippen molar-refractivity contribution >= 4 is 11.7 Å². The van der Waals surface area contributed by atoms with Crippen LogP contribution in [0, 0.1) is 6.92 Å². The number of nitrogens with one attached hydrogen (secondary N) is 1. The van der Waals surface area contributed by atoms with Gasteiger partial charge in [-0.2, -0.15) is 0 Å². The lowest BCUT2D eigenvalue weighted by molar-refractivity contribution is 0.0698. The van der Waals surface area contributed by atoms with Gasteiger partial charge in [0.05, 0.1) is 24.1 Å². The molecule has 0 atom stereocenters. The van der Waals surface area contributed by atoms with Crippen molar-refractivity contribution in [2.45, 2.75) is 19.8 Å². The van der Waals surface area contributed by atoms with Crippen molar-refractivity contribution in [1.82, 2.24) is 4.98 Å². The summed E-state index contributed by atoms with van der Waals surface area (Å²) in [5.41, 5.74) is 5.97. The third-order valence-corrected chi connectivity index (χ3v) is 4.69. The van der Waals surface area contributed by atoms with Gasteiger partial charge >= 0.3 is 5.97 Å². The molecule has 0 radical (unpaired) electrons. The second-order valence-electron chi connectivity index (χ2n) is 6.57. The number of aromatic nitrogens is 1. The van der Waals surface area contributed by atoms with Crippen LogP contribution in [-0.2, 0) is 6.42 Å². The van der Waals surface area contributed by atoms with Crippen LogP contribution in [0.5, 0.6) is 5.75 Å². The molecule has 1 aliphatic rings. The Morgan fingerprint density at radius 2 is 2.00 bits per heavy atom. The highest BCUT2D eigenvalue weighted by Gasteiger charge is 2.11. The maximum atomic E-state index is 10.5. The number of carbonyl (C=O) groups is 1. The van der Waals surface area contributed by atoms with E-state index in [9.17, 15) is 4.79 Å². The molecule has 2 heterocycles. The lowest BCUT2D eigenvalue weighted by Crippen LogP contribution is -2.08. The monoisotopic (exact) mass is 376 g/mol. The van der Waals surface area contributed by atoms with Gasteiger partial charge in [0, 0.05) is 13.2 Å². The summed E-state index contributed by atoms with van der Waals surface area (Å²) < 4.78 is 5.73. The van der Waals surface area contributed by atoms with Crippen LogP contribution >= 0.6 is 0 Å². The number of carboxylic acids is 1. The van der Waals surface area contributed by atoms with Crippen molar-refractivity contribution in [1.29, 1.82) is 0 Å². The minimum Gasteiger partial charge on any atom is -0.493 e. The van der Waals surface area contributed by atoms with E-state index in [4.69, 9.17) is 9.84 Å². The summed E-state index contributed by atoms with van der Waals surface area (Å²) in [5, 5.41) is 11.4. The molecule has 1 aliphatic heterocycles. The third-order valence-electron chi connectivity index (χ3n) is 4.69. The zero-order valence-corrected chi connectivity index (χ0v) is 16.1. The first-order valence-electron chi connectivity index (χ1n) is 9.27. The second-order valence-corrected chi connectivity index (χ2v) is 6.57. The first-order chi connectivity index (χ1) is 13.6. The number of fused-ring (bicyclic) bond motifs is 1. The SMILES string of the molecule is CNc1cnccc1C(=O)O.Cc1ccccc1-c1ccc2c(c1)OCCC2. The predicted octanol–water partition coefficient (Wildman–Crippen LogP) is 4.81. The van der Waals surface area contributed by atoms with E-state index in [0.717, 1.165) is 25.2 Å². The standard InChI is InChI=1S/C16H16O.C7H8N2O2/c1-12-5-2-3-7-15(12)14-9-8-13-6-4-10-17-16(13)11-14;1-8-6-4-9-3-2-5(6)7(10)11/h2-3,5,7-9,11H,4,6,10H2,1H3;2-4,8H,1H3,(H,10,11). The van der Waals surface area contributed by atoms with E-state index in [-0.39, 0.29) is 5.56 Å². The van der Waals surface area contributed by atoms with Crippen molar-refractivity contribution in [3.63, 3.8) is 0 Å². The molecule has 0 saturated carbocycles. The van der Waals surface area contributed by atoms with E-state index in [2.05, 4.69) is 59.7 Å². The Hall–Kier alpha value is -3.34. The number of hydrogen-bond donors (Lipinski definition) is 2. The zero-order valence-electron chi connectivity index (χ0n) is 16.1. The molecule has 2 N–H and O–H groups in total. The maximum Gasteiger partial charge on any atom is 0.337 e. The van der Waals surface area contributed by atoms with Crippen LogP contribution in [0.2, 0.25) is 0 Å². The molecule has 0 bridgehead atoms. The first kappa shape index (κ1) is 19.4. The highest BCUT2D eigenvalue weighted by Crippen LogP contribution is 2.31. The lowest BCUT2D eigenvalue weighted by atomic mass is 9.97. The molecule has 5 heteroatoms. The van der Waals surface area contributed by atoms with Gasteiger partial charge in [0.1, 0.15) is 5.75 Å². The Morgan fingerprint density at radius 1 is 1.18 bits per heavy atom. The van der Waals surface area contributed by atoms with Crippen LogP contribution in [0.4, 0.5) is 5.69 Å². The molecule has 0 amide bonds. The number of ether oxygens (including phenoxy) is 1. The molecule has 28 heavy (non-hydrogen) atoms. The Balaban J connectivity index is 0.000000178. The highest BCUT2D eigenvalue weighted by molar-refractivity contribution is 5.93. The van der Waals surface area contributed by atoms with E-state index in [1.54, 1.807) is 7.05 Å². The quantitative estimate of drug-likeness (QED) is 0.686. The fraction of sp³-hybridized carbons (Fsp3) is 0.217. The van der Waals surface area contributed by atoms with Gasteiger partial charge in [-0.1, -0.05) is 36.4 Å². The summed E-state index contributed by atoms with van der Waals surface area (Å²) in [6.45, 7) is 3.00. The topological polar surface area (TPSA) is 71.5 Å². The van der Waals surface area contributed by atoms with Crippen molar-refractivity contribution in [2.75, 3.05) is 19.0 Å². The molecule has 144 valence electrons. The summed E-state index contributed by atoms with van der Waals surface area (Å²) in [4.78, 5) is 14.3. The van der Waals surface area contributed by atoms with Crippen LogP contribution in [0.25, 0.3) is 11.1 Å². The molecule has 2 aromatic carbocycles. The van der Waals surface area contributed by atoms with Gasteiger partial charge in [0.25, 0.3) is 0 Å². The van der Waals surface area contributed by atoms with Crippen molar-refractivity contribution < 1.29 is 14.6 Å². The zero-order chi connectivity index (χ0) is 19.9. The molecule has 1 aromatic heterocycles. The van der Waals surface area contributed by atoms with Crippen LogP contribution in [-0.4, -0.2) is 29.7 Å². The van der Waals surface area contributed by atoms with Gasteiger partial charge in [0.2, 0.25) is 0 Å². The predicted molar refractivity (Wildman–Crippen MR) is 111 cm³/mol. The minimum absolute atomic E-state index is 0.238. The number of hydrogen-bond acceptors (Lipinski definition) is 4. The number of nitrogens with zero attached hydrogens (tertiary/aromatic N) is 1. The summed E-state index contributed by atoms with van der Waals surface area (Å²) in [5.74, 6) is 0.119. The van der Waals surface area contributed by atoms with Gasteiger partial charge in [-0.15, -0.1) is 0 Å². The maximum absolute atomic E-state index is 10.5. The van der Waals surface area contributed by atoms with Gasteiger partial charge < -0.3 is 15.2 Å². The molecule has 4 rings (SSSR count). The average molecular weight is 376 g/mol. The molecule has 0 fully saturated rings. The lowest BCUT2D eigenvalue weighted by Gasteiger charge is -2.18. The van der Waals surface area contributed by atoms with Gasteiger partial charge in [-0.25, -0.2) is 4.79 Å². The van der Waals surface area contributed by atoms with E-state index >= 15 is 0 Å². The normalized spacial score (nSPS) is 12.1. The molecule has 0 spiro atoms. The first-order valence-corrected chi connectivity index (χ1v) is 9.27. The number of aromatic carboxylic acids is 1. The fourth-order valence-corrected chi connectivity index (χ4v) is 3.18. The van der Waals surface area contributed by atoms with Crippen LogP contribution in [0.1, 0.15) is 27.9 Å². The van der Waals surface area contributed by atoms with E-state index in [0.29, 0.717) is 5.69 Å². The highest BCUT2D eigenvalue weighted by atomic mass is 16.5. The number of pyridine rings is 1. The van der Waals surface area contributed by atoms with E-state index in [1.165, 1.54) is 40.7 Å².